The highest BCUT2D eigenvalue weighted by molar-refractivity contribution is 7.10. The van der Waals surface area contributed by atoms with Gasteiger partial charge < -0.3 is 4.90 Å². The van der Waals surface area contributed by atoms with Gasteiger partial charge in [0.05, 0.1) is 29.6 Å². The Bertz CT molecular complexity index is 956. The minimum Gasteiger partial charge on any atom is -0.356 e. The number of benzene rings is 1. The number of aromatic nitrogens is 2. The van der Waals surface area contributed by atoms with E-state index in [4.69, 9.17) is 5.10 Å². The van der Waals surface area contributed by atoms with Crippen molar-refractivity contribution in [2.45, 2.75) is 26.2 Å². The lowest BCUT2D eigenvalue weighted by atomic mass is 10.2. The third-order valence-electron chi connectivity index (χ3n) is 4.79. The predicted octanol–water partition coefficient (Wildman–Crippen LogP) is 3.54. The molecule has 28 heavy (non-hydrogen) atoms. The molecular weight excluding hydrogens is 370 g/mol. The van der Waals surface area contributed by atoms with Crippen LogP contribution in [0.1, 0.15) is 29.0 Å². The summed E-state index contributed by atoms with van der Waals surface area (Å²) in [5.41, 5.74) is 5.50. The number of thiophene rings is 1. The Morgan fingerprint density at radius 1 is 1.21 bits per heavy atom. The fourth-order valence-corrected chi connectivity index (χ4v) is 4.14. The summed E-state index contributed by atoms with van der Waals surface area (Å²) < 4.78 is 1.98. The maximum Gasteiger partial charge on any atom is 0.245 e. The van der Waals surface area contributed by atoms with Crippen LogP contribution in [0.2, 0.25) is 0 Å². The summed E-state index contributed by atoms with van der Waals surface area (Å²) in [6.45, 7) is 3.99. The number of carbonyl (C=O) groups is 1. The Morgan fingerprint density at radius 2 is 2.00 bits per heavy atom. The van der Waals surface area contributed by atoms with Crippen molar-refractivity contribution in [2.24, 2.45) is 5.10 Å². The highest BCUT2D eigenvalue weighted by atomic mass is 32.1. The molecule has 3 aromatic rings. The summed E-state index contributed by atoms with van der Waals surface area (Å²) in [5.74, 6) is 0.923. The van der Waals surface area contributed by atoms with Crippen molar-refractivity contribution < 1.29 is 4.79 Å². The normalized spacial score (nSPS) is 14.1. The van der Waals surface area contributed by atoms with Gasteiger partial charge in [0, 0.05) is 18.0 Å². The van der Waals surface area contributed by atoms with Crippen molar-refractivity contribution in [3.8, 4) is 5.69 Å². The van der Waals surface area contributed by atoms with Gasteiger partial charge in [-0.05, 0) is 43.3 Å². The molecule has 1 aliphatic rings. The highest BCUT2D eigenvalue weighted by Crippen LogP contribution is 2.28. The van der Waals surface area contributed by atoms with Crippen LogP contribution >= 0.6 is 11.3 Å². The van der Waals surface area contributed by atoms with Crippen molar-refractivity contribution in [3.63, 3.8) is 0 Å². The molecule has 0 atom stereocenters. The van der Waals surface area contributed by atoms with Crippen LogP contribution in [-0.2, 0) is 11.2 Å². The highest BCUT2D eigenvalue weighted by Gasteiger charge is 2.23. The van der Waals surface area contributed by atoms with Crippen LogP contribution in [0.15, 0.2) is 52.9 Å². The molecule has 1 aliphatic heterocycles. The molecule has 1 aromatic carbocycles. The molecule has 1 saturated heterocycles. The molecule has 1 fully saturated rings. The van der Waals surface area contributed by atoms with Crippen LogP contribution in [0, 0.1) is 6.92 Å². The monoisotopic (exact) mass is 393 g/mol. The molecule has 6 nitrogen and oxygen atoms in total. The van der Waals surface area contributed by atoms with Crippen molar-refractivity contribution in [1.82, 2.24) is 15.2 Å². The molecule has 0 radical (unpaired) electrons. The van der Waals surface area contributed by atoms with E-state index in [2.05, 4.69) is 27.6 Å². The number of anilines is 1. The zero-order valence-electron chi connectivity index (χ0n) is 15.8. The molecule has 0 aliphatic carbocycles. The number of hydrogen-bond donors (Lipinski definition) is 1. The van der Waals surface area contributed by atoms with Gasteiger partial charge in [0.15, 0.2) is 0 Å². The smallest absolute Gasteiger partial charge is 0.245 e. The Kier molecular flexibility index (Phi) is 5.53. The summed E-state index contributed by atoms with van der Waals surface area (Å²) in [6.07, 6.45) is 4.41. The lowest BCUT2D eigenvalue weighted by molar-refractivity contribution is -0.120. The van der Waals surface area contributed by atoms with E-state index in [-0.39, 0.29) is 5.91 Å². The lowest BCUT2D eigenvalue weighted by Crippen LogP contribution is -2.23. The minimum atomic E-state index is -0.116. The first-order valence-electron chi connectivity index (χ1n) is 9.46. The number of hydrogen-bond acceptors (Lipinski definition) is 5. The zero-order valence-corrected chi connectivity index (χ0v) is 16.7. The summed E-state index contributed by atoms with van der Waals surface area (Å²) >= 11 is 1.57. The minimum absolute atomic E-state index is 0.116. The molecule has 4 rings (SSSR count). The first-order chi connectivity index (χ1) is 13.7. The van der Waals surface area contributed by atoms with E-state index in [0.29, 0.717) is 6.42 Å². The van der Waals surface area contributed by atoms with Crippen LogP contribution in [-0.4, -0.2) is 35.0 Å². The number of carbonyl (C=O) groups excluding carboxylic acids is 1. The van der Waals surface area contributed by atoms with E-state index in [1.54, 1.807) is 17.6 Å². The Labute approximate surface area is 168 Å². The number of nitrogens with zero attached hydrogens (tertiary/aromatic N) is 4. The van der Waals surface area contributed by atoms with Gasteiger partial charge in [-0.25, -0.2) is 10.1 Å². The molecule has 0 spiro atoms. The van der Waals surface area contributed by atoms with E-state index in [1.165, 1.54) is 12.8 Å². The SMILES string of the molecule is Cc1nn(-c2ccccc2)c(N2CCCC2)c1/C=N/NC(=O)Cc1cccs1. The van der Waals surface area contributed by atoms with Gasteiger partial charge in [-0.1, -0.05) is 24.3 Å². The predicted molar refractivity (Wildman–Crippen MR) is 114 cm³/mol. The molecule has 0 bridgehead atoms. The largest absolute Gasteiger partial charge is 0.356 e. The fraction of sp³-hybridized carbons (Fsp3) is 0.286. The van der Waals surface area contributed by atoms with Gasteiger partial charge in [0.1, 0.15) is 5.82 Å². The average Bonchev–Trinajstić information content (AvgIpc) is 3.45. The quantitative estimate of drug-likeness (QED) is 0.515. The standard InChI is InChI=1S/C21H23N5OS/c1-16-19(15-22-23-20(27)14-18-10-7-13-28-18)21(25-11-5-6-12-25)26(24-16)17-8-3-2-4-9-17/h2-4,7-10,13,15H,5-6,11-12,14H2,1H3,(H,23,27)/b22-15+. The summed E-state index contributed by atoms with van der Waals surface area (Å²) in [6, 6.07) is 14.0. The topological polar surface area (TPSA) is 62.5 Å². The van der Waals surface area contributed by atoms with E-state index >= 15 is 0 Å². The average molecular weight is 394 g/mol. The second-order valence-corrected chi connectivity index (χ2v) is 7.85. The lowest BCUT2D eigenvalue weighted by Gasteiger charge is -2.20. The molecule has 3 heterocycles. The number of nitrogens with one attached hydrogen (secondary N) is 1. The molecule has 1 amide bonds. The van der Waals surface area contributed by atoms with Gasteiger partial charge in [0.25, 0.3) is 0 Å². The summed E-state index contributed by atoms with van der Waals surface area (Å²) in [7, 11) is 0. The fourth-order valence-electron chi connectivity index (χ4n) is 3.44. The molecule has 0 saturated carbocycles. The van der Waals surface area contributed by atoms with Crippen molar-refractivity contribution >= 4 is 29.3 Å². The summed E-state index contributed by atoms with van der Waals surface area (Å²) in [4.78, 5) is 15.5. The number of amides is 1. The van der Waals surface area contributed by atoms with Gasteiger partial charge in [0.2, 0.25) is 5.91 Å². The first-order valence-corrected chi connectivity index (χ1v) is 10.3. The zero-order chi connectivity index (χ0) is 19.3. The number of hydrazone groups is 1. The Hall–Kier alpha value is -2.93. The van der Waals surface area contributed by atoms with Gasteiger partial charge in [-0.15, -0.1) is 11.3 Å². The second-order valence-electron chi connectivity index (χ2n) is 6.81. The third kappa shape index (κ3) is 3.99. The molecule has 1 N–H and O–H groups in total. The van der Waals surface area contributed by atoms with Crippen LogP contribution in [0.25, 0.3) is 5.69 Å². The maximum atomic E-state index is 12.1. The molecular formula is C21H23N5OS. The number of rotatable bonds is 6. The number of para-hydroxylation sites is 1. The Balaban J connectivity index is 1.59. The van der Waals surface area contributed by atoms with Crippen molar-refractivity contribution in [2.75, 3.05) is 18.0 Å². The van der Waals surface area contributed by atoms with E-state index in [9.17, 15) is 4.79 Å². The number of aryl methyl sites for hydroxylation is 1. The maximum absolute atomic E-state index is 12.1. The first kappa shape index (κ1) is 18.4. The summed E-state index contributed by atoms with van der Waals surface area (Å²) in [5, 5.41) is 10.9. The molecule has 0 unspecified atom stereocenters. The van der Waals surface area contributed by atoms with Crippen molar-refractivity contribution in [3.05, 3.63) is 64.0 Å². The van der Waals surface area contributed by atoms with Crippen molar-refractivity contribution in [1.29, 1.82) is 0 Å². The van der Waals surface area contributed by atoms with Crippen LogP contribution in [0.5, 0.6) is 0 Å². The second kappa shape index (κ2) is 8.39. The molecule has 7 heteroatoms. The van der Waals surface area contributed by atoms with Crippen LogP contribution in [0.4, 0.5) is 5.82 Å². The van der Waals surface area contributed by atoms with E-state index in [0.717, 1.165) is 40.7 Å². The molecule has 2 aromatic heterocycles. The third-order valence-corrected chi connectivity index (χ3v) is 5.66. The Morgan fingerprint density at radius 3 is 2.71 bits per heavy atom. The van der Waals surface area contributed by atoms with E-state index < -0.39 is 0 Å². The van der Waals surface area contributed by atoms with E-state index in [1.807, 2.05) is 47.3 Å². The van der Waals surface area contributed by atoms with Crippen LogP contribution in [0.3, 0.4) is 0 Å². The van der Waals surface area contributed by atoms with Gasteiger partial charge in [-0.2, -0.15) is 10.2 Å². The van der Waals surface area contributed by atoms with Gasteiger partial charge in [-0.3, -0.25) is 4.79 Å². The molecule has 144 valence electrons. The van der Waals surface area contributed by atoms with Gasteiger partial charge >= 0.3 is 0 Å². The van der Waals surface area contributed by atoms with Crippen LogP contribution < -0.4 is 10.3 Å².